The normalized spacial score (nSPS) is 15.1. The van der Waals surface area contributed by atoms with E-state index in [0.717, 1.165) is 12.8 Å². The van der Waals surface area contributed by atoms with Crippen LogP contribution in [0.2, 0.25) is 0 Å². The molecule has 0 aromatic rings. The van der Waals surface area contributed by atoms with Gasteiger partial charge in [0, 0.05) is 13.2 Å². The van der Waals surface area contributed by atoms with Crippen LogP contribution < -0.4 is 11.1 Å². The lowest BCUT2D eigenvalue weighted by Crippen LogP contribution is -2.44. The van der Waals surface area contributed by atoms with Gasteiger partial charge in [-0.3, -0.25) is 4.79 Å². The highest BCUT2D eigenvalue weighted by Gasteiger charge is 2.16. The fourth-order valence-electron chi connectivity index (χ4n) is 1.17. The predicted molar refractivity (Wildman–Crippen MR) is 61.3 cm³/mol. The van der Waals surface area contributed by atoms with Crippen LogP contribution in [0.25, 0.3) is 0 Å². The van der Waals surface area contributed by atoms with Crippen molar-refractivity contribution in [3.05, 3.63) is 0 Å². The Morgan fingerprint density at radius 3 is 2.47 bits per heavy atom. The summed E-state index contributed by atoms with van der Waals surface area (Å²) in [5.74, 6) is 0.392. The standard InChI is InChI=1S/C11H24N2O2/c1-8(2)10(12)11(15)13-6-4-5-9(3)7-14/h8-10,14H,4-7,12H2,1-3H3,(H,13,15). The van der Waals surface area contributed by atoms with E-state index in [1.54, 1.807) is 0 Å². The maximum Gasteiger partial charge on any atom is 0.237 e. The number of rotatable bonds is 7. The number of aliphatic hydroxyl groups excluding tert-OH is 1. The fourth-order valence-corrected chi connectivity index (χ4v) is 1.17. The lowest BCUT2D eigenvalue weighted by molar-refractivity contribution is -0.123. The van der Waals surface area contributed by atoms with Gasteiger partial charge in [-0.2, -0.15) is 0 Å². The summed E-state index contributed by atoms with van der Waals surface area (Å²) in [6.45, 7) is 6.70. The zero-order valence-electron chi connectivity index (χ0n) is 9.99. The minimum atomic E-state index is -0.416. The van der Waals surface area contributed by atoms with E-state index in [4.69, 9.17) is 10.8 Å². The van der Waals surface area contributed by atoms with Crippen molar-refractivity contribution >= 4 is 5.91 Å². The van der Waals surface area contributed by atoms with Crippen molar-refractivity contribution in [1.82, 2.24) is 5.32 Å². The first-order chi connectivity index (χ1) is 6.99. The zero-order valence-corrected chi connectivity index (χ0v) is 9.99. The molecule has 0 heterocycles. The highest BCUT2D eigenvalue weighted by molar-refractivity contribution is 5.81. The van der Waals surface area contributed by atoms with Gasteiger partial charge in [-0.15, -0.1) is 0 Å². The smallest absolute Gasteiger partial charge is 0.237 e. The maximum atomic E-state index is 11.4. The molecule has 0 saturated heterocycles. The van der Waals surface area contributed by atoms with E-state index in [9.17, 15) is 4.79 Å². The van der Waals surface area contributed by atoms with Crippen LogP contribution in [0.1, 0.15) is 33.6 Å². The van der Waals surface area contributed by atoms with Crippen LogP contribution in [-0.2, 0) is 4.79 Å². The van der Waals surface area contributed by atoms with Crippen LogP contribution in [0.3, 0.4) is 0 Å². The quantitative estimate of drug-likeness (QED) is 0.542. The minimum absolute atomic E-state index is 0.0818. The van der Waals surface area contributed by atoms with Crippen molar-refractivity contribution in [2.45, 2.75) is 39.7 Å². The predicted octanol–water partition coefficient (Wildman–Crippen LogP) is 0.494. The summed E-state index contributed by atoms with van der Waals surface area (Å²) in [7, 11) is 0. The Kier molecular flexibility index (Phi) is 7.34. The van der Waals surface area contributed by atoms with E-state index in [1.807, 2.05) is 20.8 Å². The molecule has 0 fully saturated rings. The molecule has 0 aliphatic rings. The molecule has 15 heavy (non-hydrogen) atoms. The molecule has 0 saturated carbocycles. The summed E-state index contributed by atoms with van der Waals surface area (Å²) in [6.07, 6.45) is 1.81. The Hall–Kier alpha value is -0.610. The number of amides is 1. The first-order valence-corrected chi connectivity index (χ1v) is 5.63. The summed E-state index contributed by atoms with van der Waals surface area (Å²) >= 11 is 0. The van der Waals surface area contributed by atoms with Crippen molar-refractivity contribution in [3.8, 4) is 0 Å². The molecule has 2 atom stereocenters. The van der Waals surface area contributed by atoms with Crippen molar-refractivity contribution in [2.24, 2.45) is 17.6 Å². The van der Waals surface area contributed by atoms with Gasteiger partial charge < -0.3 is 16.2 Å². The van der Waals surface area contributed by atoms with Gasteiger partial charge in [0.2, 0.25) is 5.91 Å². The van der Waals surface area contributed by atoms with Crippen LogP contribution in [0.4, 0.5) is 0 Å². The number of aliphatic hydroxyl groups is 1. The average Bonchev–Trinajstić information content (AvgIpc) is 2.22. The Morgan fingerprint density at radius 1 is 1.40 bits per heavy atom. The topological polar surface area (TPSA) is 75.3 Å². The second-order valence-electron chi connectivity index (χ2n) is 4.49. The molecule has 2 unspecified atom stereocenters. The van der Waals surface area contributed by atoms with Gasteiger partial charge in [0.05, 0.1) is 6.04 Å². The lowest BCUT2D eigenvalue weighted by Gasteiger charge is -2.15. The molecule has 4 heteroatoms. The molecule has 0 aromatic carbocycles. The SMILES string of the molecule is CC(CO)CCCNC(=O)C(N)C(C)C. The fraction of sp³-hybridized carbons (Fsp3) is 0.909. The first-order valence-electron chi connectivity index (χ1n) is 5.63. The van der Waals surface area contributed by atoms with Gasteiger partial charge in [0.25, 0.3) is 0 Å². The van der Waals surface area contributed by atoms with Gasteiger partial charge in [-0.05, 0) is 24.7 Å². The number of nitrogens with one attached hydrogen (secondary N) is 1. The number of hydrogen-bond donors (Lipinski definition) is 3. The number of carbonyl (C=O) groups excluding carboxylic acids is 1. The summed E-state index contributed by atoms with van der Waals surface area (Å²) in [5, 5.41) is 11.6. The van der Waals surface area contributed by atoms with Gasteiger partial charge in [0.15, 0.2) is 0 Å². The van der Waals surface area contributed by atoms with E-state index in [1.165, 1.54) is 0 Å². The molecular formula is C11H24N2O2. The van der Waals surface area contributed by atoms with E-state index in [0.29, 0.717) is 12.5 Å². The van der Waals surface area contributed by atoms with Crippen LogP contribution >= 0.6 is 0 Å². The molecule has 0 aliphatic heterocycles. The summed E-state index contributed by atoms with van der Waals surface area (Å²) < 4.78 is 0. The molecule has 0 spiro atoms. The van der Waals surface area contributed by atoms with Gasteiger partial charge in [0.1, 0.15) is 0 Å². The summed E-state index contributed by atoms with van der Waals surface area (Å²) in [5.41, 5.74) is 5.68. The monoisotopic (exact) mass is 216 g/mol. The molecule has 4 N–H and O–H groups in total. The van der Waals surface area contributed by atoms with Gasteiger partial charge in [-0.1, -0.05) is 20.8 Å². The van der Waals surface area contributed by atoms with Crippen LogP contribution in [0, 0.1) is 11.8 Å². The van der Waals surface area contributed by atoms with Crippen LogP contribution in [-0.4, -0.2) is 30.2 Å². The molecule has 1 amide bonds. The summed E-state index contributed by atoms with van der Waals surface area (Å²) in [6, 6.07) is -0.416. The molecule has 0 bridgehead atoms. The largest absolute Gasteiger partial charge is 0.396 e. The summed E-state index contributed by atoms with van der Waals surface area (Å²) in [4.78, 5) is 11.4. The van der Waals surface area contributed by atoms with Crippen molar-refractivity contribution < 1.29 is 9.90 Å². The Bertz CT molecular complexity index is 183. The number of carbonyl (C=O) groups is 1. The van der Waals surface area contributed by atoms with Gasteiger partial charge in [-0.25, -0.2) is 0 Å². The lowest BCUT2D eigenvalue weighted by atomic mass is 10.0. The molecular weight excluding hydrogens is 192 g/mol. The van der Waals surface area contributed by atoms with Gasteiger partial charge >= 0.3 is 0 Å². The van der Waals surface area contributed by atoms with E-state index in [2.05, 4.69) is 5.32 Å². The average molecular weight is 216 g/mol. The van der Waals surface area contributed by atoms with E-state index >= 15 is 0 Å². The Morgan fingerprint density at radius 2 is 2.00 bits per heavy atom. The molecule has 0 radical (unpaired) electrons. The van der Waals surface area contributed by atoms with E-state index < -0.39 is 6.04 Å². The molecule has 4 nitrogen and oxygen atoms in total. The second kappa shape index (κ2) is 7.65. The second-order valence-corrected chi connectivity index (χ2v) is 4.49. The number of hydrogen-bond acceptors (Lipinski definition) is 3. The van der Waals surface area contributed by atoms with E-state index in [-0.39, 0.29) is 18.4 Å². The van der Waals surface area contributed by atoms with Crippen molar-refractivity contribution in [3.63, 3.8) is 0 Å². The Labute approximate surface area is 92.2 Å². The zero-order chi connectivity index (χ0) is 11.8. The highest BCUT2D eigenvalue weighted by Crippen LogP contribution is 2.03. The number of nitrogens with two attached hydrogens (primary N) is 1. The third-order valence-corrected chi connectivity index (χ3v) is 2.51. The van der Waals surface area contributed by atoms with Crippen LogP contribution in [0.5, 0.6) is 0 Å². The Balaban J connectivity index is 3.55. The third-order valence-electron chi connectivity index (χ3n) is 2.51. The highest BCUT2D eigenvalue weighted by atomic mass is 16.3. The van der Waals surface area contributed by atoms with Crippen LogP contribution in [0.15, 0.2) is 0 Å². The molecule has 90 valence electrons. The first kappa shape index (κ1) is 14.4. The van der Waals surface area contributed by atoms with Crippen molar-refractivity contribution in [1.29, 1.82) is 0 Å². The van der Waals surface area contributed by atoms with Crippen molar-refractivity contribution in [2.75, 3.05) is 13.2 Å². The molecule has 0 rings (SSSR count). The third kappa shape index (κ3) is 6.47. The molecule has 0 aliphatic carbocycles. The molecule has 0 aromatic heterocycles. The maximum absolute atomic E-state index is 11.4. The minimum Gasteiger partial charge on any atom is -0.396 e.